The third-order valence-electron chi connectivity index (χ3n) is 4.50. The van der Waals surface area contributed by atoms with Crippen LogP contribution in [0.1, 0.15) is 20.3 Å². The Morgan fingerprint density at radius 1 is 1.11 bits per heavy atom. The van der Waals surface area contributed by atoms with E-state index in [0.717, 1.165) is 0 Å². The summed E-state index contributed by atoms with van der Waals surface area (Å²) in [6, 6.07) is 6.73. The third kappa shape index (κ3) is 5.84. The molecule has 0 bridgehead atoms. The van der Waals surface area contributed by atoms with E-state index in [1.807, 2.05) is 0 Å². The molecule has 1 saturated heterocycles. The summed E-state index contributed by atoms with van der Waals surface area (Å²) in [5.41, 5.74) is 0. The quantitative estimate of drug-likeness (QED) is 0.674. The van der Waals surface area contributed by atoms with Crippen molar-refractivity contribution in [2.24, 2.45) is 0 Å². The molecule has 0 aliphatic carbocycles. The number of hydrogen-bond donors (Lipinski definition) is 0. The summed E-state index contributed by atoms with van der Waals surface area (Å²) in [6.45, 7) is 4.45. The smallest absolute Gasteiger partial charge is 0.260 e. The molecule has 0 N–H and O–H groups in total. The van der Waals surface area contributed by atoms with E-state index in [1.165, 1.54) is 11.8 Å². The zero-order chi connectivity index (χ0) is 20.0. The van der Waals surface area contributed by atoms with Gasteiger partial charge < -0.3 is 14.5 Å². The number of nitrogens with zero attached hydrogens (tertiary/aromatic N) is 2. The first-order valence-electron chi connectivity index (χ1n) is 8.91. The van der Waals surface area contributed by atoms with Crippen LogP contribution >= 0.6 is 11.6 Å². The molecule has 0 aromatic heterocycles. The molecule has 1 aromatic carbocycles. The Bertz CT molecular complexity index is 758. The molecular weight excluding hydrogens is 392 g/mol. The molecule has 1 aromatic rings. The van der Waals surface area contributed by atoms with Gasteiger partial charge in [0.2, 0.25) is 5.91 Å². The number of sulfone groups is 1. The molecule has 1 atom stereocenters. The highest BCUT2D eigenvalue weighted by atomic mass is 35.5. The van der Waals surface area contributed by atoms with Crippen LogP contribution in [-0.4, -0.2) is 73.8 Å². The molecule has 7 nitrogen and oxygen atoms in total. The zero-order valence-corrected chi connectivity index (χ0v) is 17.1. The Balaban J connectivity index is 1.82. The minimum atomic E-state index is -3.43. The summed E-state index contributed by atoms with van der Waals surface area (Å²) >= 11 is 5.80. The molecule has 9 heteroatoms. The maximum atomic E-state index is 12.4. The molecule has 150 valence electrons. The maximum Gasteiger partial charge on any atom is 0.260 e. The summed E-state index contributed by atoms with van der Waals surface area (Å²) in [4.78, 5) is 27.8. The Labute approximate surface area is 165 Å². The Morgan fingerprint density at radius 2 is 1.67 bits per heavy atom. The van der Waals surface area contributed by atoms with Crippen molar-refractivity contribution in [2.45, 2.75) is 25.5 Å². The summed E-state index contributed by atoms with van der Waals surface area (Å²) in [6.07, 6.45) is 0.482. The molecule has 1 unspecified atom stereocenters. The van der Waals surface area contributed by atoms with Crippen LogP contribution in [0.2, 0.25) is 5.02 Å². The first-order chi connectivity index (χ1) is 12.7. The van der Waals surface area contributed by atoms with E-state index in [4.69, 9.17) is 16.3 Å². The highest BCUT2D eigenvalue weighted by molar-refractivity contribution is 7.92. The van der Waals surface area contributed by atoms with Gasteiger partial charge in [0.1, 0.15) is 11.0 Å². The number of piperazine rings is 1. The van der Waals surface area contributed by atoms with E-state index in [1.54, 1.807) is 36.1 Å². The highest BCUT2D eigenvalue weighted by Crippen LogP contribution is 2.16. The second-order valence-corrected chi connectivity index (χ2v) is 9.34. The van der Waals surface area contributed by atoms with E-state index in [-0.39, 0.29) is 18.3 Å². The maximum absolute atomic E-state index is 12.4. The summed E-state index contributed by atoms with van der Waals surface area (Å²) in [5.74, 6) is -0.0198. The van der Waals surface area contributed by atoms with Crippen molar-refractivity contribution >= 4 is 33.3 Å². The molecule has 1 heterocycles. The van der Waals surface area contributed by atoms with Crippen LogP contribution in [0.3, 0.4) is 0 Å². The number of carbonyl (C=O) groups is 2. The molecule has 27 heavy (non-hydrogen) atoms. The lowest BCUT2D eigenvalue weighted by molar-refractivity contribution is -0.140. The van der Waals surface area contributed by atoms with E-state index >= 15 is 0 Å². The molecule has 0 spiro atoms. The first kappa shape index (κ1) is 21.5. The lowest BCUT2D eigenvalue weighted by Crippen LogP contribution is -2.54. The van der Waals surface area contributed by atoms with Crippen LogP contribution in [0.5, 0.6) is 5.75 Å². The summed E-state index contributed by atoms with van der Waals surface area (Å²) < 4.78 is 29.6. The Morgan fingerprint density at radius 3 is 2.22 bits per heavy atom. The van der Waals surface area contributed by atoms with Crippen LogP contribution < -0.4 is 4.74 Å². The Kier molecular flexibility index (Phi) is 7.49. The largest absolute Gasteiger partial charge is 0.484 e. The predicted octanol–water partition coefficient (Wildman–Crippen LogP) is 1.60. The van der Waals surface area contributed by atoms with Crippen LogP contribution in [-0.2, 0) is 19.4 Å². The van der Waals surface area contributed by atoms with Gasteiger partial charge in [-0.2, -0.15) is 0 Å². The minimum absolute atomic E-state index is 0.000391. The number of halogens is 1. The van der Waals surface area contributed by atoms with E-state index in [2.05, 4.69) is 0 Å². The molecule has 0 radical (unpaired) electrons. The minimum Gasteiger partial charge on any atom is -0.484 e. The number of benzene rings is 1. The van der Waals surface area contributed by atoms with Crippen molar-refractivity contribution in [3.8, 4) is 5.75 Å². The van der Waals surface area contributed by atoms with Crippen molar-refractivity contribution in [3.05, 3.63) is 29.3 Å². The topological polar surface area (TPSA) is 84.0 Å². The number of hydrogen-bond acceptors (Lipinski definition) is 5. The Hall–Kier alpha value is -1.80. The summed E-state index contributed by atoms with van der Waals surface area (Å²) in [5, 5.41) is -0.461. The van der Waals surface area contributed by atoms with Gasteiger partial charge in [0.05, 0.1) is 5.75 Å². The number of ether oxygens (including phenoxy) is 1. The van der Waals surface area contributed by atoms with E-state index < -0.39 is 21.0 Å². The molecule has 1 aliphatic heterocycles. The van der Waals surface area contributed by atoms with Crippen molar-refractivity contribution < 1.29 is 22.7 Å². The predicted molar refractivity (Wildman–Crippen MR) is 104 cm³/mol. The monoisotopic (exact) mass is 416 g/mol. The fourth-order valence-electron chi connectivity index (χ4n) is 2.82. The lowest BCUT2D eigenvalue weighted by atomic mass is 10.3. The molecule has 2 amide bonds. The zero-order valence-electron chi connectivity index (χ0n) is 15.6. The van der Waals surface area contributed by atoms with Gasteiger partial charge in [0.15, 0.2) is 16.4 Å². The van der Waals surface area contributed by atoms with Crippen LogP contribution in [0.25, 0.3) is 0 Å². The second-order valence-electron chi connectivity index (χ2n) is 6.46. The molecule has 1 fully saturated rings. The van der Waals surface area contributed by atoms with Crippen LogP contribution in [0.4, 0.5) is 0 Å². The van der Waals surface area contributed by atoms with Crippen LogP contribution in [0, 0.1) is 0 Å². The van der Waals surface area contributed by atoms with Crippen LogP contribution in [0.15, 0.2) is 24.3 Å². The van der Waals surface area contributed by atoms with E-state index in [0.29, 0.717) is 43.4 Å². The molecule has 2 rings (SSSR count). The number of carbonyl (C=O) groups excluding carboxylic acids is 2. The fraction of sp³-hybridized carbons (Fsp3) is 0.556. The van der Waals surface area contributed by atoms with Crippen molar-refractivity contribution in [1.29, 1.82) is 0 Å². The van der Waals surface area contributed by atoms with Gasteiger partial charge in [-0.3, -0.25) is 9.59 Å². The van der Waals surface area contributed by atoms with Gasteiger partial charge in [0, 0.05) is 31.2 Å². The summed E-state index contributed by atoms with van der Waals surface area (Å²) in [7, 11) is -3.43. The molecule has 1 aliphatic rings. The second kappa shape index (κ2) is 9.41. The normalized spacial score (nSPS) is 16.1. The molecular formula is C18H25ClN2O5S. The SMILES string of the molecule is CCCS(=O)(=O)C(C)C(=O)N1CCN(C(=O)COc2ccc(Cl)cc2)CC1. The average Bonchev–Trinajstić information content (AvgIpc) is 2.66. The van der Waals surface area contributed by atoms with Gasteiger partial charge in [-0.25, -0.2) is 8.42 Å². The molecule has 0 saturated carbocycles. The van der Waals surface area contributed by atoms with Gasteiger partial charge in [-0.15, -0.1) is 0 Å². The lowest BCUT2D eigenvalue weighted by Gasteiger charge is -2.35. The highest BCUT2D eigenvalue weighted by Gasteiger charge is 2.33. The number of amides is 2. The third-order valence-corrected chi connectivity index (χ3v) is 7.00. The van der Waals surface area contributed by atoms with Gasteiger partial charge >= 0.3 is 0 Å². The van der Waals surface area contributed by atoms with Crippen molar-refractivity contribution in [1.82, 2.24) is 9.80 Å². The van der Waals surface area contributed by atoms with Crippen molar-refractivity contribution in [3.63, 3.8) is 0 Å². The first-order valence-corrected chi connectivity index (χ1v) is 11.0. The van der Waals surface area contributed by atoms with Gasteiger partial charge in [0.25, 0.3) is 5.91 Å². The van der Waals surface area contributed by atoms with Crippen molar-refractivity contribution in [2.75, 3.05) is 38.5 Å². The van der Waals surface area contributed by atoms with E-state index in [9.17, 15) is 18.0 Å². The fourth-order valence-corrected chi connectivity index (χ4v) is 4.32. The van der Waals surface area contributed by atoms with Gasteiger partial charge in [-0.1, -0.05) is 18.5 Å². The average molecular weight is 417 g/mol. The standard InChI is InChI=1S/C18H25ClN2O5S/c1-3-12-27(24,25)14(2)18(23)21-10-8-20(9-11-21)17(22)13-26-16-6-4-15(19)5-7-16/h4-7,14H,3,8-13H2,1-2H3. The van der Waals surface area contributed by atoms with Gasteiger partial charge in [-0.05, 0) is 37.6 Å². The number of rotatable bonds is 7.